The Hall–Kier alpha value is -4.06. The van der Waals surface area contributed by atoms with Crippen LogP contribution in [0.4, 0.5) is 5.69 Å². The van der Waals surface area contributed by atoms with Gasteiger partial charge in [0.15, 0.2) is 11.5 Å². The maximum Gasteiger partial charge on any atom is 0.336 e. The quantitative estimate of drug-likeness (QED) is 0.463. The van der Waals surface area contributed by atoms with Crippen molar-refractivity contribution in [2.45, 2.75) is 32.8 Å². The molecular formula is C29H27NO5. The molecule has 178 valence electrons. The highest BCUT2D eigenvalue weighted by atomic mass is 16.5. The maximum atomic E-state index is 13.3. The Morgan fingerprint density at radius 2 is 1.74 bits per heavy atom. The maximum absolute atomic E-state index is 13.3. The molecule has 0 N–H and O–H groups in total. The molecule has 1 unspecified atom stereocenters. The summed E-state index contributed by atoms with van der Waals surface area (Å²) in [5.41, 5.74) is 6.04. The summed E-state index contributed by atoms with van der Waals surface area (Å²) in [6.07, 6.45) is 0.161. The Balaban J connectivity index is 1.46. The fourth-order valence-corrected chi connectivity index (χ4v) is 4.68. The second kappa shape index (κ2) is 9.29. The van der Waals surface area contributed by atoms with Crippen molar-refractivity contribution >= 4 is 17.6 Å². The number of anilines is 1. The third-order valence-corrected chi connectivity index (χ3v) is 6.64. The smallest absolute Gasteiger partial charge is 0.336 e. The Morgan fingerprint density at radius 3 is 2.49 bits per heavy atom. The van der Waals surface area contributed by atoms with E-state index in [1.165, 1.54) is 0 Å². The molecular weight excluding hydrogens is 442 g/mol. The zero-order chi connectivity index (χ0) is 24.5. The van der Waals surface area contributed by atoms with Crippen molar-refractivity contribution in [2.75, 3.05) is 18.6 Å². The molecule has 0 saturated carbocycles. The number of hydrogen-bond donors (Lipinski definition) is 0. The van der Waals surface area contributed by atoms with Crippen molar-refractivity contribution in [1.82, 2.24) is 0 Å². The molecule has 0 spiro atoms. The summed E-state index contributed by atoms with van der Waals surface area (Å²) >= 11 is 0. The van der Waals surface area contributed by atoms with Gasteiger partial charge in [-0.05, 0) is 54.8 Å². The number of aryl methyl sites for hydroxylation is 2. The van der Waals surface area contributed by atoms with Gasteiger partial charge >= 0.3 is 5.97 Å². The number of rotatable bonds is 6. The second-order valence-corrected chi connectivity index (χ2v) is 8.88. The summed E-state index contributed by atoms with van der Waals surface area (Å²) in [5.74, 6) is 0.292. The summed E-state index contributed by atoms with van der Waals surface area (Å²) < 4.78 is 17.0. The average molecular weight is 470 g/mol. The molecule has 0 bridgehead atoms. The highest BCUT2D eigenvalue weighted by Crippen LogP contribution is 2.43. The van der Waals surface area contributed by atoms with Gasteiger partial charge in [0.1, 0.15) is 13.2 Å². The van der Waals surface area contributed by atoms with E-state index < -0.39 is 5.92 Å². The molecule has 1 atom stereocenters. The van der Waals surface area contributed by atoms with Gasteiger partial charge in [-0.2, -0.15) is 0 Å². The van der Waals surface area contributed by atoms with Gasteiger partial charge < -0.3 is 14.2 Å². The van der Waals surface area contributed by atoms with Gasteiger partial charge in [-0.25, -0.2) is 4.79 Å². The van der Waals surface area contributed by atoms with Crippen LogP contribution < -0.4 is 14.4 Å². The van der Waals surface area contributed by atoms with Crippen LogP contribution in [0.15, 0.2) is 78.0 Å². The fraction of sp³-hybridized carbons (Fsp3) is 0.241. The van der Waals surface area contributed by atoms with Gasteiger partial charge in [0, 0.05) is 18.0 Å². The number of nitrogens with zero attached hydrogens (tertiary/aromatic N) is 1. The first kappa shape index (κ1) is 22.7. The molecule has 0 saturated heterocycles. The van der Waals surface area contributed by atoms with Crippen molar-refractivity contribution < 1.29 is 23.8 Å². The highest BCUT2D eigenvalue weighted by molar-refractivity contribution is 6.06. The van der Waals surface area contributed by atoms with Gasteiger partial charge in [-0.15, -0.1) is 0 Å². The monoisotopic (exact) mass is 469 g/mol. The fourth-order valence-electron chi connectivity index (χ4n) is 4.68. The topological polar surface area (TPSA) is 65.1 Å². The third-order valence-electron chi connectivity index (χ3n) is 6.64. The molecule has 1 amide bonds. The summed E-state index contributed by atoms with van der Waals surface area (Å²) in [4.78, 5) is 27.7. The molecule has 0 fully saturated rings. The normalized spacial score (nSPS) is 17.3. The molecule has 2 heterocycles. The molecule has 35 heavy (non-hydrogen) atoms. The summed E-state index contributed by atoms with van der Waals surface area (Å²) in [5, 5.41) is 0. The third kappa shape index (κ3) is 4.28. The van der Waals surface area contributed by atoms with Crippen LogP contribution in [-0.2, 0) is 20.9 Å². The molecule has 6 nitrogen and oxygen atoms in total. The van der Waals surface area contributed by atoms with Crippen molar-refractivity contribution in [3.63, 3.8) is 0 Å². The Bertz CT molecular complexity index is 1330. The molecule has 3 aromatic carbocycles. The van der Waals surface area contributed by atoms with Crippen LogP contribution >= 0.6 is 0 Å². The van der Waals surface area contributed by atoms with E-state index >= 15 is 0 Å². The zero-order valence-corrected chi connectivity index (χ0v) is 20.0. The molecule has 0 radical (unpaired) electrons. The first-order valence-electron chi connectivity index (χ1n) is 11.6. The van der Waals surface area contributed by atoms with Gasteiger partial charge in [-0.3, -0.25) is 9.69 Å². The molecule has 2 aliphatic rings. The molecule has 0 aliphatic carbocycles. The zero-order valence-electron chi connectivity index (χ0n) is 20.0. The second-order valence-electron chi connectivity index (χ2n) is 8.88. The summed E-state index contributed by atoms with van der Waals surface area (Å²) in [6.45, 7) is 4.54. The first-order chi connectivity index (χ1) is 17.0. The largest absolute Gasteiger partial charge is 0.493 e. The number of cyclic esters (lactones) is 1. The van der Waals surface area contributed by atoms with E-state index in [9.17, 15) is 9.59 Å². The van der Waals surface area contributed by atoms with Crippen LogP contribution in [0.3, 0.4) is 0 Å². The number of hydrogen-bond acceptors (Lipinski definition) is 5. The summed E-state index contributed by atoms with van der Waals surface area (Å²) in [6, 6.07) is 21.3. The van der Waals surface area contributed by atoms with Gasteiger partial charge in [0.2, 0.25) is 5.91 Å². The minimum absolute atomic E-state index is 0.0743. The number of methoxy groups -OCH3 is 1. The number of carbonyl (C=O) groups excluding carboxylic acids is 2. The van der Waals surface area contributed by atoms with Gasteiger partial charge in [0.25, 0.3) is 0 Å². The van der Waals surface area contributed by atoms with Crippen LogP contribution in [0.2, 0.25) is 0 Å². The van der Waals surface area contributed by atoms with Crippen molar-refractivity contribution in [3.05, 3.63) is 100 Å². The molecule has 5 rings (SSSR count). The van der Waals surface area contributed by atoms with Crippen molar-refractivity contribution in [1.29, 1.82) is 0 Å². The SMILES string of the molecule is COc1cc(C2CC(=O)N(c3ccc(C)cc3)C3=C2C(=O)OC3)ccc1OCc1ccccc1C. The van der Waals surface area contributed by atoms with Crippen LogP contribution in [0.25, 0.3) is 0 Å². The van der Waals surface area contributed by atoms with Crippen LogP contribution in [0, 0.1) is 13.8 Å². The lowest BCUT2D eigenvalue weighted by Crippen LogP contribution is -2.37. The lowest BCUT2D eigenvalue weighted by Gasteiger charge is -2.32. The number of amides is 1. The van der Waals surface area contributed by atoms with Crippen LogP contribution in [0.1, 0.15) is 34.6 Å². The van der Waals surface area contributed by atoms with E-state index in [0.717, 1.165) is 27.9 Å². The van der Waals surface area contributed by atoms with Gasteiger partial charge in [-0.1, -0.05) is 48.0 Å². The number of benzene rings is 3. The van der Waals surface area contributed by atoms with E-state index in [4.69, 9.17) is 14.2 Å². The number of ether oxygens (including phenoxy) is 3. The van der Waals surface area contributed by atoms with E-state index in [1.807, 2.05) is 80.6 Å². The predicted octanol–water partition coefficient (Wildman–Crippen LogP) is 5.22. The predicted molar refractivity (Wildman–Crippen MR) is 133 cm³/mol. The average Bonchev–Trinajstić information content (AvgIpc) is 3.25. The Kier molecular flexibility index (Phi) is 6.03. The standard InChI is InChI=1S/C29H27NO5/c1-18-8-11-22(12-9-18)30-24-17-35-29(32)28(24)23(15-27(30)31)20-10-13-25(26(14-20)33-3)34-16-21-7-5-4-6-19(21)2/h4-14,23H,15-17H2,1-3H3. The van der Waals surface area contributed by atoms with Gasteiger partial charge in [0.05, 0.1) is 18.4 Å². The van der Waals surface area contributed by atoms with Crippen LogP contribution in [0.5, 0.6) is 11.5 Å². The first-order valence-corrected chi connectivity index (χ1v) is 11.6. The van der Waals surface area contributed by atoms with Crippen molar-refractivity contribution in [2.24, 2.45) is 0 Å². The van der Waals surface area contributed by atoms with Crippen molar-refractivity contribution in [3.8, 4) is 11.5 Å². The minimum Gasteiger partial charge on any atom is -0.493 e. The minimum atomic E-state index is -0.409. The lowest BCUT2D eigenvalue weighted by molar-refractivity contribution is -0.136. The van der Waals surface area contributed by atoms with E-state index in [1.54, 1.807) is 12.0 Å². The number of esters is 1. The van der Waals surface area contributed by atoms with E-state index in [0.29, 0.717) is 29.4 Å². The summed E-state index contributed by atoms with van der Waals surface area (Å²) in [7, 11) is 1.58. The van der Waals surface area contributed by atoms with E-state index in [2.05, 4.69) is 0 Å². The highest BCUT2D eigenvalue weighted by Gasteiger charge is 2.43. The molecule has 0 aromatic heterocycles. The lowest BCUT2D eigenvalue weighted by atomic mass is 9.84. The molecule has 6 heteroatoms. The van der Waals surface area contributed by atoms with Crippen LogP contribution in [-0.4, -0.2) is 25.6 Å². The van der Waals surface area contributed by atoms with E-state index in [-0.39, 0.29) is 24.9 Å². The molecule has 3 aromatic rings. The Morgan fingerprint density at radius 1 is 0.971 bits per heavy atom. The number of carbonyl (C=O) groups is 2. The Labute approximate surface area is 204 Å². The molecule has 2 aliphatic heterocycles.